The van der Waals surface area contributed by atoms with E-state index in [0.717, 1.165) is 51.1 Å². The number of likely N-dealkylation sites (tertiary alicyclic amines) is 1. The zero-order valence-electron chi connectivity index (χ0n) is 17.0. The molecule has 0 aromatic carbocycles. The Hall–Kier alpha value is -1.17. The van der Waals surface area contributed by atoms with Crippen LogP contribution in [0, 0.1) is 5.41 Å². The highest BCUT2D eigenvalue weighted by atomic mass is 16.5. The van der Waals surface area contributed by atoms with Gasteiger partial charge in [-0.1, -0.05) is 26.8 Å². The summed E-state index contributed by atoms with van der Waals surface area (Å²) in [6, 6.07) is 4.25. The van der Waals surface area contributed by atoms with E-state index in [2.05, 4.69) is 42.8 Å². The first-order chi connectivity index (χ1) is 12.2. The van der Waals surface area contributed by atoms with Gasteiger partial charge < -0.3 is 14.7 Å². The fourth-order valence-corrected chi connectivity index (χ4v) is 4.16. The summed E-state index contributed by atoms with van der Waals surface area (Å²) in [7, 11) is 4.02. The number of aromatic nitrogens is 1. The maximum atomic E-state index is 10.4. The average Bonchev–Trinajstić information content (AvgIpc) is 2.56. The third kappa shape index (κ3) is 4.56. The van der Waals surface area contributed by atoms with Gasteiger partial charge in [-0.15, -0.1) is 0 Å². The Kier molecular flexibility index (Phi) is 5.61. The summed E-state index contributed by atoms with van der Waals surface area (Å²) in [4.78, 5) is 9.02. The van der Waals surface area contributed by atoms with Gasteiger partial charge in [0.05, 0.1) is 17.8 Å². The van der Waals surface area contributed by atoms with Gasteiger partial charge in [-0.25, -0.2) is 4.98 Å². The highest BCUT2D eigenvalue weighted by Gasteiger charge is 2.46. The standard InChI is InChI=1S/C21H35N3O2/c1-20(2,3)18-12-17(25)13-21(26-18)8-10-24(11-9-21)15-16-6-7-19(22-14-16)23(4)5/h6-7,14,17-18,25H,8-13,15H2,1-5H3/t17-,18-/m1/s1. The minimum absolute atomic E-state index is 0.0748. The molecule has 1 aromatic rings. The molecule has 146 valence electrons. The molecule has 1 N–H and O–H groups in total. The number of ether oxygens (including phenoxy) is 1. The molecule has 2 aliphatic heterocycles. The summed E-state index contributed by atoms with van der Waals surface area (Å²) in [5.41, 5.74) is 1.19. The summed E-state index contributed by atoms with van der Waals surface area (Å²) in [5.74, 6) is 0.990. The van der Waals surface area contributed by atoms with E-state index in [4.69, 9.17) is 4.74 Å². The molecule has 0 amide bonds. The lowest BCUT2D eigenvalue weighted by atomic mass is 9.76. The van der Waals surface area contributed by atoms with Crippen LogP contribution >= 0.6 is 0 Å². The predicted molar refractivity (Wildman–Crippen MR) is 105 cm³/mol. The second-order valence-electron chi connectivity index (χ2n) is 9.44. The normalized spacial score (nSPS) is 26.8. The van der Waals surface area contributed by atoms with Gasteiger partial charge in [0.2, 0.25) is 0 Å². The molecule has 1 spiro atoms. The quantitative estimate of drug-likeness (QED) is 0.897. The van der Waals surface area contributed by atoms with Crippen LogP contribution in [0.15, 0.2) is 18.3 Å². The highest BCUT2D eigenvalue weighted by molar-refractivity contribution is 5.37. The number of hydrogen-bond acceptors (Lipinski definition) is 5. The largest absolute Gasteiger partial charge is 0.393 e. The predicted octanol–water partition coefficient (Wildman–Crippen LogP) is 3.07. The van der Waals surface area contributed by atoms with Crippen molar-refractivity contribution >= 4 is 5.82 Å². The van der Waals surface area contributed by atoms with Crippen molar-refractivity contribution in [1.82, 2.24) is 9.88 Å². The lowest BCUT2D eigenvalue weighted by Gasteiger charge is -2.50. The summed E-state index contributed by atoms with van der Waals surface area (Å²) in [6.45, 7) is 9.59. The van der Waals surface area contributed by atoms with Gasteiger partial charge in [-0.05, 0) is 29.9 Å². The van der Waals surface area contributed by atoms with Crippen molar-refractivity contribution in [1.29, 1.82) is 0 Å². The Labute approximate surface area is 158 Å². The van der Waals surface area contributed by atoms with Gasteiger partial charge in [0.15, 0.2) is 0 Å². The number of pyridine rings is 1. The van der Waals surface area contributed by atoms with E-state index in [1.54, 1.807) is 0 Å². The van der Waals surface area contributed by atoms with Crippen LogP contribution in [-0.4, -0.2) is 60.0 Å². The monoisotopic (exact) mass is 361 g/mol. The average molecular weight is 362 g/mol. The van der Waals surface area contributed by atoms with Gasteiger partial charge in [0.25, 0.3) is 0 Å². The molecule has 5 nitrogen and oxygen atoms in total. The molecular weight excluding hydrogens is 326 g/mol. The lowest BCUT2D eigenvalue weighted by Crippen LogP contribution is -2.55. The van der Waals surface area contributed by atoms with E-state index in [-0.39, 0.29) is 23.2 Å². The number of aliphatic hydroxyl groups excluding tert-OH is 1. The Morgan fingerprint density at radius 1 is 1.27 bits per heavy atom. The topological polar surface area (TPSA) is 48.8 Å². The van der Waals surface area contributed by atoms with Crippen molar-refractivity contribution in [3.8, 4) is 0 Å². The van der Waals surface area contributed by atoms with Crippen molar-refractivity contribution < 1.29 is 9.84 Å². The second-order valence-corrected chi connectivity index (χ2v) is 9.44. The van der Waals surface area contributed by atoms with Crippen molar-refractivity contribution in [2.24, 2.45) is 5.41 Å². The Balaban J connectivity index is 1.58. The van der Waals surface area contributed by atoms with Gasteiger partial charge in [-0.3, -0.25) is 4.90 Å². The Morgan fingerprint density at radius 3 is 2.50 bits per heavy atom. The zero-order valence-corrected chi connectivity index (χ0v) is 17.0. The van der Waals surface area contributed by atoms with E-state index in [1.807, 2.05) is 25.2 Å². The number of nitrogens with zero attached hydrogens (tertiary/aromatic N) is 3. The summed E-state index contributed by atoms with van der Waals surface area (Å²) < 4.78 is 6.59. The molecule has 2 saturated heterocycles. The van der Waals surface area contributed by atoms with Crippen LogP contribution in [0.5, 0.6) is 0 Å². The molecule has 2 aliphatic rings. The molecule has 3 heterocycles. The summed E-state index contributed by atoms with van der Waals surface area (Å²) >= 11 is 0. The van der Waals surface area contributed by atoms with Crippen LogP contribution in [0.4, 0.5) is 5.82 Å². The smallest absolute Gasteiger partial charge is 0.127 e. The number of rotatable bonds is 3. The van der Waals surface area contributed by atoms with Gasteiger partial charge in [0, 0.05) is 52.8 Å². The number of hydrogen-bond donors (Lipinski definition) is 1. The minimum Gasteiger partial charge on any atom is -0.393 e. The van der Waals surface area contributed by atoms with Crippen LogP contribution in [0.3, 0.4) is 0 Å². The van der Waals surface area contributed by atoms with Crippen LogP contribution in [0.2, 0.25) is 0 Å². The highest BCUT2D eigenvalue weighted by Crippen LogP contribution is 2.42. The molecule has 0 saturated carbocycles. The first-order valence-electron chi connectivity index (χ1n) is 9.87. The number of aliphatic hydroxyl groups is 1. The fourth-order valence-electron chi connectivity index (χ4n) is 4.16. The first-order valence-corrected chi connectivity index (χ1v) is 9.87. The molecule has 3 rings (SSSR count). The molecule has 2 fully saturated rings. The summed E-state index contributed by atoms with van der Waals surface area (Å²) in [5, 5.41) is 10.4. The van der Waals surface area contributed by atoms with Gasteiger partial charge in [0.1, 0.15) is 5.82 Å². The second kappa shape index (κ2) is 7.45. The SMILES string of the molecule is CN(C)c1ccc(CN2CCC3(CC2)C[C@H](O)C[C@H](C(C)(C)C)O3)cn1. The lowest BCUT2D eigenvalue weighted by molar-refractivity contribution is -0.207. The molecule has 0 bridgehead atoms. The van der Waals surface area contributed by atoms with Gasteiger partial charge >= 0.3 is 0 Å². The third-order valence-electron chi connectivity index (χ3n) is 5.89. The molecule has 1 aromatic heterocycles. The first kappa shape index (κ1) is 19.6. The fraction of sp³-hybridized carbons (Fsp3) is 0.762. The Bertz CT molecular complexity index is 586. The maximum Gasteiger partial charge on any atom is 0.127 e. The van der Waals surface area contributed by atoms with Crippen molar-refractivity contribution in [2.75, 3.05) is 32.1 Å². The maximum absolute atomic E-state index is 10.4. The molecule has 2 atom stereocenters. The van der Waals surface area contributed by atoms with Crippen LogP contribution in [0.1, 0.15) is 52.0 Å². The van der Waals surface area contributed by atoms with Crippen molar-refractivity contribution in [2.45, 2.75) is 70.8 Å². The molecule has 26 heavy (non-hydrogen) atoms. The molecule has 0 radical (unpaired) electrons. The number of anilines is 1. The van der Waals surface area contributed by atoms with E-state index < -0.39 is 0 Å². The van der Waals surface area contributed by atoms with E-state index in [9.17, 15) is 5.11 Å². The third-order valence-corrected chi connectivity index (χ3v) is 5.89. The van der Waals surface area contributed by atoms with Crippen molar-refractivity contribution in [3.63, 3.8) is 0 Å². The van der Waals surface area contributed by atoms with Crippen LogP contribution in [0.25, 0.3) is 0 Å². The van der Waals surface area contributed by atoms with Crippen LogP contribution < -0.4 is 4.90 Å². The van der Waals surface area contributed by atoms with Gasteiger partial charge in [-0.2, -0.15) is 0 Å². The zero-order chi connectivity index (χ0) is 18.9. The molecule has 5 heteroatoms. The van der Waals surface area contributed by atoms with Crippen LogP contribution in [-0.2, 0) is 11.3 Å². The Morgan fingerprint density at radius 2 is 1.96 bits per heavy atom. The molecule has 0 aliphatic carbocycles. The molecular formula is C21H35N3O2. The summed E-state index contributed by atoms with van der Waals surface area (Å²) in [6.07, 6.45) is 5.43. The molecule has 0 unspecified atom stereocenters. The van der Waals surface area contributed by atoms with E-state index in [0.29, 0.717) is 0 Å². The minimum atomic E-state index is -0.234. The van der Waals surface area contributed by atoms with E-state index in [1.165, 1.54) is 5.56 Å². The van der Waals surface area contributed by atoms with Crippen molar-refractivity contribution in [3.05, 3.63) is 23.9 Å². The van der Waals surface area contributed by atoms with E-state index >= 15 is 0 Å². The number of piperidine rings is 1.